The molecule has 2 rings (SSSR count). The SMILES string of the molecule is Cc1ncc(C(NN)c2cncc(OC(C)C)c2)s1. The van der Waals surface area contributed by atoms with Crippen LogP contribution in [0.5, 0.6) is 5.75 Å². The number of nitrogens with zero attached hydrogens (tertiary/aromatic N) is 2. The Bertz CT molecular complexity index is 541. The van der Waals surface area contributed by atoms with Crippen LogP contribution >= 0.6 is 11.3 Å². The third kappa shape index (κ3) is 3.50. The van der Waals surface area contributed by atoms with Crippen molar-refractivity contribution < 1.29 is 4.74 Å². The maximum atomic E-state index is 5.66. The highest BCUT2D eigenvalue weighted by Crippen LogP contribution is 2.27. The van der Waals surface area contributed by atoms with E-state index >= 15 is 0 Å². The lowest BCUT2D eigenvalue weighted by Gasteiger charge is -2.16. The number of aromatic nitrogens is 2. The van der Waals surface area contributed by atoms with Gasteiger partial charge in [0.1, 0.15) is 5.75 Å². The molecule has 1 unspecified atom stereocenters. The summed E-state index contributed by atoms with van der Waals surface area (Å²) in [6, 6.07) is 1.83. The van der Waals surface area contributed by atoms with Crippen LogP contribution < -0.4 is 16.0 Å². The molecule has 3 N–H and O–H groups in total. The van der Waals surface area contributed by atoms with Gasteiger partial charge in [-0.15, -0.1) is 11.3 Å². The summed E-state index contributed by atoms with van der Waals surface area (Å²) in [7, 11) is 0. The quantitative estimate of drug-likeness (QED) is 0.648. The Morgan fingerprint density at radius 2 is 2.11 bits per heavy atom. The molecule has 0 spiro atoms. The minimum atomic E-state index is -0.116. The molecule has 0 saturated heterocycles. The molecule has 0 radical (unpaired) electrons. The van der Waals surface area contributed by atoms with Gasteiger partial charge in [0.2, 0.25) is 0 Å². The highest BCUT2D eigenvalue weighted by Gasteiger charge is 2.16. The maximum Gasteiger partial charge on any atom is 0.138 e. The van der Waals surface area contributed by atoms with E-state index in [1.165, 1.54) is 0 Å². The maximum absolute atomic E-state index is 5.66. The lowest BCUT2D eigenvalue weighted by Crippen LogP contribution is -2.28. The number of ether oxygens (including phenoxy) is 1. The fourth-order valence-electron chi connectivity index (χ4n) is 1.78. The zero-order valence-corrected chi connectivity index (χ0v) is 12.1. The molecule has 0 aliphatic rings. The van der Waals surface area contributed by atoms with Gasteiger partial charge in [-0.25, -0.2) is 10.4 Å². The highest BCUT2D eigenvalue weighted by molar-refractivity contribution is 7.11. The molecule has 102 valence electrons. The third-order valence-corrected chi connectivity index (χ3v) is 3.51. The molecule has 1 atom stereocenters. The van der Waals surface area contributed by atoms with Gasteiger partial charge in [-0.2, -0.15) is 0 Å². The number of hydrazine groups is 1. The number of pyridine rings is 1. The average Bonchev–Trinajstić information content (AvgIpc) is 2.76. The first kappa shape index (κ1) is 13.9. The van der Waals surface area contributed by atoms with Crippen molar-refractivity contribution in [1.82, 2.24) is 15.4 Å². The van der Waals surface area contributed by atoms with Crippen LogP contribution in [-0.2, 0) is 0 Å². The van der Waals surface area contributed by atoms with Crippen LogP contribution in [0.2, 0.25) is 0 Å². The van der Waals surface area contributed by atoms with Gasteiger partial charge in [-0.1, -0.05) is 0 Å². The van der Waals surface area contributed by atoms with Gasteiger partial charge in [0.25, 0.3) is 0 Å². The molecule has 0 aromatic carbocycles. The van der Waals surface area contributed by atoms with Gasteiger partial charge in [-0.3, -0.25) is 10.8 Å². The van der Waals surface area contributed by atoms with Crippen molar-refractivity contribution in [2.45, 2.75) is 32.9 Å². The van der Waals surface area contributed by atoms with Gasteiger partial charge in [0.15, 0.2) is 0 Å². The Morgan fingerprint density at radius 3 is 2.68 bits per heavy atom. The molecule has 19 heavy (non-hydrogen) atoms. The van der Waals surface area contributed by atoms with E-state index in [-0.39, 0.29) is 12.1 Å². The molecule has 2 aromatic heterocycles. The van der Waals surface area contributed by atoms with E-state index in [0.29, 0.717) is 0 Å². The second-order valence-electron chi connectivity index (χ2n) is 4.50. The number of rotatable bonds is 5. The molecular weight excluding hydrogens is 260 g/mol. The summed E-state index contributed by atoms with van der Waals surface area (Å²) in [5, 5.41) is 1.01. The zero-order valence-electron chi connectivity index (χ0n) is 11.3. The summed E-state index contributed by atoms with van der Waals surface area (Å²) >= 11 is 1.61. The fraction of sp³-hybridized carbons (Fsp3) is 0.385. The lowest BCUT2D eigenvalue weighted by atomic mass is 10.1. The van der Waals surface area contributed by atoms with Crippen molar-refractivity contribution >= 4 is 11.3 Å². The van der Waals surface area contributed by atoms with Gasteiger partial charge in [0.05, 0.1) is 23.4 Å². The molecule has 2 aromatic rings. The summed E-state index contributed by atoms with van der Waals surface area (Å²) in [5.41, 5.74) is 3.77. The van der Waals surface area contributed by atoms with E-state index in [1.807, 2.05) is 33.0 Å². The molecule has 0 bridgehead atoms. The Balaban J connectivity index is 2.28. The first-order chi connectivity index (χ1) is 9.10. The van der Waals surface area contributed by atoms with Gasteiger partial charge in [0, 0.05) is 17.3 Å². The summed E-state index contributed by atoms with van der Waals surface area (Å²) < 4.78 is 5.65. The number of hydrogen-bond donors (Lipinski definition) is 2. The van der Waals surface area contributed by atoms with Crippen LogP contribution in [0.15, 0.2) is 24.7 Å². The van der Waals surface area contributed by atoms with Gasteiger partial charge >= 0.3 is 0 Å². The van der Waals surface area contributed by atoms with E-state index < -0.39 is 0 Å². The predicted octanol–water partition coefficient (Wildman–Crippen LogP) is 2.19. The number of hydrogen-bond acceptors (Lipinski definition) is 6. The van der Waals surface area contributed by atoms with Crippen molar-refractivity contribution in [3.63, 3.8) is 0 Å². The van der Waals surface area contributed by atoms with Crippen LogP contribution in [0.4, 0.5) is 0 Å². The summed E-state index contributed by atoms with van der Waals surface area (Å²) in [6.07, 6.45) is 5.44. The van der Waals surface area contributed by atoms with Gasteiger partial charge in [-0.05, 0) is 32.4 Å². The summed E-state index contributed by atoms with van der Waals surface area (Å²) in [4.78, 5) is 9.51. The standard InChI is InChI=1S/C13H18N4OS/c1-8(2)18-11-4-10(5-15-6-11)13(17-14)12-7-16-9(3)19-12/h4-8,13,17H,14H2,1-3H3. The molecule has 6 heteroatoms. The van der Waals surface area contributed by atoms with E-state index in [9.17, 15) is 0 Å². The first-order valence-electron chi connectivity index (χ1n) is 6.10. The summed E-state index contributed by atoms with van der Waals surface area (Å²) in [5.74, 6) is 6.40. The van der Waals surface area contributed by atoms with Crippen molar-refractivity contribution in [2.24, 2.45) is 5.84 Å². The van der Waals surface area contributed by atoms with Crippen LogP contribution in [0.3, 0.4) is 0 Å². The van der Waals surface area contributed by atoms with Crippen LogP contribution in [0, 0.1) is 6.92 Å². The molecule has 0 saturated carbocycles. The Kier molecular flexibility index (Phi) is 4.47. The minimum absolute atomic E-state index is 0.116. The smallest absolute Gasteiger partial charge is 0.138 e. The largest absolute Gasteiger partial charge is 0.489 e. The third-order valence-electron chi connectivity index (χ3n) is 2.53. The van der Waals surface area contributed by atoms with E-state index in [0.717, 1.165) is 21.2 Å². The predicted molar refractivity (Wildman–Crippen MR) is 76.0 cm³/mol. The normalized spacial score (nSPS) is 12.7. The number of nitrogens with two attached hydrogens (primary N) is 1. The fourth-order valence-corrected chi connectivity index (χ4v) is 2.66. The van der Waals surface area contributed by atoms with Crippen molar-refractivity contribution in [2.75, 3.05) is 0 Å². The Labute approximate surface area is 116 Å². The first-order valence-corrected chi connectivity index (χ1v) is 6.92. The molecule has 2 heterocycles. The van der Waals surface area contributed by atoms with E-state index in [1.54, 1.807) is 23.7 Å². The second kappa shape index (κ2) is 6.10. The van der Waals surface area contributed by atoms with Crippen molar-refractivity contribution in [1.29, 1.82) is 0 Å². The minimum Gasteiger partial charge on any atom is -0.489 e. The van der Waals surface area contributed by atoms with Crippen LogP contribution in [-0.4, -0.2) is 16.1 Å². The molecular formula is C13H18N4OS. The highest BCUT2D eigenvalue weighted by atomic mass is 32.1. The number of thiazole rings is 1. The van der Waals surface area contributed by atoms with E-state index in [4.69, 9.17) is 10.6 Å². The van der Waals surface area contributed by atoms with E-state index in [2.05, 4.69) is 15.4 Å². The summed E-state index contributed by atoms with van der Waals surface area (Å²) in [6.45, 7) is 5.94. The lowest BCUT2D eigenvalue weighted by molar-refractivity contribution is 0.241. The van der Waals surface area contributed by atoms with Crippen LogP contribution in [0.25, 0.3) is 0 Å². The molecule has 0 fully saturated rings. The number of nitrogens with one attached hydrogen (secondary N) is 1. The van der Waals surface area contributed by atoms with Crippen molar-refractivity contribution in [3.05, 3.63) is 40.1 Å². The Morgan fingerprint density at radius 1 is 1.32 bits per heavy atom. The van der Waals surface area contributed by atoms with Crippen molar-refractivity contribution in [3.8, 4) is 5.75 Å². The Hall–Kier alpha value is -1.50. The molecule has 0 amide bonds. The van der Waals surface area contributed by atoms with Gasteiger partial charge < -0.3 is 4.74 Å². The zero-order chi connectivity index (χ0) is 13.8. The topological polar surface area (TPSA) is 73.1 Å². The average molecular weight is 278 g/mol. The number of aryl methyl sites for hydroxylation is 1. The molecule has 0 aliphatic carbocycles. The second-order valence-corrected chi connectivity index (χ2v) is 5.77. The molecule has 5 nitrogen and oxygen atoms in total. The molecule has 0 aliphatic heterocycles. The monoisotopic (exact) mass is 278 g/mol. The van der Waals surface area contributed by atoms with Crippen LogP contribution in [0.1, 0.15) is 35.3 Å².